The van der Waals surface area contributed by atoms with Crippen molar-refractivity contribution in [2.24, 2.45) is 0 Å². The maximum Gasteiger partial charge on any atom is 0.337 e. The maximum atomic E-state index is 11.4. The van der Waals surface area contributed by atoms with Crippen LogP contribution in [0.1, 0.15) is 23.2 Å². The van der Waals surface area contributed by atoms with Gasteiger partial charge in [-0.3, -0.25) is 0 Å². The number of carboxylic acids is 1. The van der Waals surface area contributed by atoms with E-state index in [9.17, 15) is 9.90 Å². The fourth-order valence-corrected chi connectivity index (χ4v) is 2.94. The molecule has 3 rings (SSSR count). The largest absolute Gasteiger partial charge is 0.478 e. The molecule has 5 heteroatoms. The number of nitrogens with zero attached hydrogens (tertiary/aromatic N) is 2. The van der Waals surface area contributed by atoms with Crippen LogP contribution in [-0.4, -0.2) is 50.5 Å². The third kappa shape index (κ3) is 2.58. The van der Waals surface area contributed by atoms with Gasteiger partial charge < -0.3 is 19.6 Å². The summed E-state index contributed by atoms with van der Waals surface area (Å²) in [6, 6.07) is 5.68. The molecule has 0 unspecified atom stereocenters. The summed E-state index contributed by atoms with van der Waals surface area (Å²) in [5.74, 6) is -0.847. The molecule has 0 aromatic heterocycles. The van der Waals surface area contributed by atoms with Gasteiger partial charge in [0, 0.05) is 31.9 Å². The lowest BCUT2D eigenvalue weighted by atomic mass is 10.1. The Hall–Kier alpha value is -1.75. The molecule has 0 atom stereocenters. The highest BCUT2D eigenvalue weighted by Crippen LogP contribution is 2.30. The molecule has 5 nitrogen and oxygen atoms in total. The third-order valence-corrected chi connectivity index (χ3v) is 4.03. The average Bonchev–Trinajstić information content (AvgIpc) is 3.01. The van der Waals surface area contributed by atoms with Crippen molar-refractivity contribution in [1.82, 2.24) is 0 Å². The second-order valence-electron chi connectivity index (χ2n) is 5.30. The van der Waals surface area contributed by atoms with Crippen molar-refractivity contribution >= 4 is 17.3 Å². The fourth-order valence-electron chi connectivity index (χ4n) is 2.94. The summed E-state index contributed by atoms with van der Waals surface area (Å²) in [6.07, 6.45) is 2.28. The van der Waals surface area contributed by atoms with E-state index in [2.05, 4.69) is 9.80 Å². The molecule has 20 heavy (non-hydrogen) atoms. The predicted molar refractivity (Wildman–Crippen MR) is 77.9 cm³/mol. The van der Waals surface area contributed by atoms with Crippen LogP contribution in [0.4, 0.5) is 11.4 Å². The first-order valence-corrected chi connectivity index (χ1v) is 7.21. The molecule has 2 fully saturated rings. The van der Waals surface area contributed by atoms with Gasteiger partial charge in [0.1, 0.15) is 0 Å². The van der Waals surface area contributed by atoms with Crippen LogP contribution in [0.25, 0.3) is 0 Å². The molecular weight excluding hydrogens is 256 g/mol. The lowest BCUT2D eigenvalue weighted by Crippen LogP contribution is -2.36. The zero-order chi connectivity index (χ0) is 13.9. The van der Waals surface area contributed by atoms with Crippen LogP contribution in [0.2, 0.25) is 0 Å². The molecule has 2 aliphatic rings. The Kier molecular flexibility index (Phi) is 3.78. The Morgan fingerprint density at radius 1 is 1.05 bits per heavy atom. The van der Waals surface area contributed by atoms with E-state index in [1.807, 2.05) is 12.1 Å². The Morgan fingerprint density at radius 3 is 2.40 bits per heavy atom. The minimum atomic E-state index is -0.847. The van der Waals surface area contributed by atoms with Gasteiger partial charge in [-0.05, 0) is 31.0 Å². The van der Waals surface area contributed by atoms with Gasteiger partial charge in [-0.15, -0.1) is 0 Å². The van der Waals surface area contributed by atoms with E-state index >= 15 is 0 Å². The van der Waals surface area contributed by atoms with Crippen LogP contribution in [0, 0.1) is 0 Å². The SMILES string of the molecule is O=C(O)c1ccc(N2CCOCC2)cc1N1CCCC1. The zero-order valence-electron chi connectivity index (χ0n) is 11.5. The van der Waals surface area contributed by atoms with Crippen LogP contribution in [0.3, 0.4) is 0 Å². The molecule has 1 N–H and O–H groups in total. The fraction of sp³-hybridized carbons (Fsp3) is 0.533. The first-order chi connectivity index (χ1) is 9.75. The Morgan fingerprint density at radius 2 is 1.75 bits per heavy atom. The molecule has 0 saturated carbocycles. The first-order valence-electron chi connectivity index (χ1n) is 7.21. The Bertz CT molecular complexity index is 492. The minimum absolute atomic E-state index is 0.406. The van der Waals surface area contributed by atoms with Crippen molar-refractivity contribution in [3.63, 3.8) is 0 Å². The first kappa shape index (κ1) is 13.2. The van der Waals surface area contributed by atoms with Gasteiger partial charge in [0.15, 0.2) is 0 Å². The van der Waals surface area contributed by atoms with Gasteiger partial charge in [0.25, 0.3) is 0 Å². The summed E-state index contributed by atoms with van der Waals surface area (Å²) in [5.41, 5.74) is 2.36. The van der Waals surface area contributed by atoms with Crippen LogP contribution >= 0.6 is 0 Å². The lowest BCUT2D eigenvalue weighted by Gasteiger charge is -2.30. The molecule has 2 saturated heterocycles. The van der Waals surface area contributed by atoms with Gasteiger partial charge in [-0.2, -0.15) is 0 Å². The van der Waals surface area contributed by atoms with Gasteiger partial charge in [0.2, 0.25) is 0 Å². The summed E-state index contributed by atoms with van der Waals surface area (Å²) in [7, 11) is 0. The Balaban J connectivity index is 1.92. The van der Waals surface area contributed by atoms with E-state index in [0.29, 0.717) is 5.56 Å². The van der Waals surface area contributed by atoms with Crippen molar-refractivity contribution in [2.45, 2.75) is 12.8 Å². The quantitative estimate of drug-likeness (QED) is 0.912. The van der Waals surface area contributed by atoms with Crippen molar-refractivity contribution in [2.75, 3.05) is 49.2 Å². The van der Waals surface area contributed by atoms with Crippen LogP contribution in [0.15, 0.2) is 18.2 Å². The number of carboxylic acid groups (broad SMARTS) is 1. The molecule has 1 aromatic carbocycles. The maximum absolute atomic E-state index is 11.4. The van der Waals surface area contributed by atoms with Crippen molar-refractivity contribution in [3.8, 4) is 0 Å². The highest BCUT2D eigenvalue weighted by atomic mass is 16.5. The van der Waals surface area contributed by atoms with E-state index in [4.69, 9.17) is 4.74 Å². The highest BCUT2D eigenvalue weighted by molar-refractivity contribution is 5.95. The third-order valence-electron chi connectivity index (χ3n) is 4.03. The minimum Gasteiger partial charge on any atom is -0.478 e. The van der Waals surface area contributed by atoms with E-state index in [0.717, 1.165) is 63.6 Å². The smallest absolute Gasteiger partial charge is 0.337 e. The van der Waals surface area contributed by atoms with Gasteiger partial charge >= 0.3 is 5.97 Å². The van der Waals surface area contributed by atoms with E-state index in [1.54, 1.807) is 6.07 Å². The molecule has 1 aromatic rings. The topological polar surface area (TPSA) is 53.0 Å². The van der Waals surface area contributed by atoms with Crippen molar-refractivity contribution < 1.29 is 14.6 Å². The van der Waals surface area contributed by atoms with Crippen LogP contribution in [0.5, 0.6) is 0 Å². The summed E-state index contributed by atoms with van der Waals surface area (Å²) in [4.78, 5) is 15.9. The van der Waals surface area contributed by atoms with Crippen LogP contribution in [-0.2, 0) is 4.74 Å². The number of carbonyl (C=O) groups is 1. The number of morpholine rings is 1. The monoisotopic (exact) mass is 276 g/mol. The number of rotatable bonds is 3. The predicted octanol–water partition coefficient (Wildman–Crippen LogP) is 1.82. The highest BCUT2D eigenvalue weighted by Gasteiger charge is 2.21. The number of hydrogen-bond acceptors (Lipinski definition) is 4. The molecule has 0 aliphatic carbocycles. The molecule has 0 amide bonds. The molecule has 108 valence electrons. The second-order valence-corrected chi connectivity index (χ2v) is 5.30. The van der Waals surface area contributed by atoms with Gasteiger partial charge in [-0.25, -0.2) is 4.79 Å². The number of anilines is 2. The summed E-state index contributed by atoms with van der Waals surface area (Å²) < 4.78 is 5.37. The standard InChI is InChI=1S/C15H20N2O3/c18-15(19)13-4-3-12(16-7-9-20-10-8-16)11-14(13)17-5-1-2-6-17/h3-4,11H,1-2,5-10H2,(H,18,19). The second kappa shape index (κ2) is 5.71. The van der Waals surface area contributed by atoms with E-state index in [1.165, 1.54) is 0 Å². The molecular formula is C15H20N2O3. The average molecular weight is 276 g/mol. The summed E-state index contributed by atoms with van der Waals surface area (Å²) >= 11 is 0. The summed E-state index contributed by atoms with van der Waals surface area (Å²) in [6.45, 7) is 5.11. The van der Waals surface area contributed by atoms with Crippen molar-refractivity contribution in [3.05, 3.63) is 23.8 Å². The van der Waals surface area contributed by atoms with Gasteiger partial charge in [-0.1, -0.05) is 0 Å². The molecule has 0 radical (unpaired) electrons. The Labute approximate surface area is 118 Å². The number of ether oxygens (including phenoxy) is 1. The van der Waals surface area contributed by atoms with E-state index in [-0.39, 0.29) is 0 Å². The number of benzene rings is 1. The molecule has 0 bridgehead atoms. The number of hydrogen-bond donors (Lipinski definition) is 1. The molecule has 2 heterocycles. The summed E-state index contributed by atoms with van der Waals surface area (Å²) in [5, 5.41) is 9.37. The molecule has 2 aliphatic heterocycles. The van der Waals surface area contributed by atoms with Gasteiger partial charge in [0.05, 0.1) is 24.5 Å². The van der Waals surface area contributed by atoms with Crippen LogP contribution < -0.4 is 9.80 Å². The normalized spacial score (nSPS) is 19.4. The van der Waals surface area contributed by atoms with E-state index < -0.39 is 5.97 Å². The zero-order valence-corrected chi connectivity index (χ0v) is 11.5. The number of aromatic carboxylic acids is 1. The van der Waals surface area contributed by atoms with Crippen molar-refractivity contribution in [1.29, 1.82) is 0 Å². The lowest BCUT2D eigenvalue weighted by molar-refractivity contribution is 0.0697. The molecule has 0 spiro atoms.